The minimum Gasteiger partial charge on any atom is -0.294 e. The molecule has 0 saturated heterocycles. The normalized spacial score (nSPS) is 38.4. The fraction of sp³-hybridized carbons (Fsp3) is 0.824. The first-order chi connectivity index (χ1) is 8.76. The number of hydrogen-bond donors (Lipinski definition) is 0. The van der Waals surface area contributed by atoms with E-state index in [1.54, 1.807) is 0 Å². The Bertz CT molecular complexity index is 379. The number of Topliss-reactive ketones (excluding diaryl/α,β-unsaturated/α-hetero) is 1. The molecule has 0 aromatic rings. The van der Waals surface area contributed by atoms with Crippen LogP contribution in [0.5, 0.6) is 0 Å². The molecule has 0 heterocycles. The quantitative estimate of drug-likeness (QED) is 0.713. The topological polar surface area (TPSA) is 17.1 Å². The van der Waals surface area contributed by atoms with Crippen LogP contribution in [0.3, 0.4) is 0 Å². The summed E-state index contributed by atoms with van der Waals surface area (Å²) in [7, 11) is 0. The summed E-state index contributed by atoms with van der Waals surface area (Å²) in [6.07, 6.45) is 9.89. The van der Waals surface area contributed by atoms with Gasteiger partial charge >= 0.3 is 0 Å². The molecule has 2 saturated carbocycles. The molecule has 100 valence electrons. The first kappa shape index (κ1) is 12.4. The molecule has 4 atom stereocenters. The Morgan fingerprint density at radius 2 is 1.78 bits per heavy atom. The maximum Gasteiger partial charge on any atom is 0.162 e. The van der Waals surface area contributed by atoms with Crippen LogP contribution >= 0.6 is 0 Å². The molecule has 3 aliphatic carbocycles. The molecule has 3 rings (SSSR count). The Morgan fingerprint density at radius 3 is 2.50 bits per heavy atom. The molecule has 2 bridgehead atoms. The van der Waals surface area contributed by atoms with Gasteiger partial charge in [-0.05, 0) is 61.9 Å². The van der Waals surface area contributed by atoms with Crippen molar-refractivity contribution < 1.29 is 4.79 Å². The van der Waals surface area contributed by atoms with E-state index in [0.717, 1.165) is 30.6 Å². The lowest BCUT2D eigenvalue weighted by Gasteiger charge is -2.36. The summed E-state index contributed by atoms with van der Waals surface area (Å²) in [4.78, 5) is 12.8. The predicted octanol–water partition coefficient (Wildman–Crippen LogP) is 4.52. The highest BCUT2D eigenvalue weighted by Crippen LogP contribution is 2.57. The van der Waals surface area contributed by atoms with Gasteiger partial charge in [0, 0.05) is 5.92 Å². The smallest absolute Gasteiger partial charge is 0.162 e. The monoisotopic (exact) mass is 246 g/mol. The molecule has 0 N–H and O–H groups in total. The second kappa shape index (κ2) is 4.83. The Balaban J connectivity index is 1.90. The molecular weight excluding hydrogens is 220 g/mol. The van der Waals surface area contributed by atoms with E-state index >= 15 is 0 Å². The van der Waals surface area contributed by atoms with Gasteiger partial charge in [-0.1, -0.05) is 32.3 Å². The van der Waals surface area contributed by atoms with Crippen molar-refractivity contribution in [3.8, 4) is 0 Å². The summed E-state index contributed by atoms with van der Waals surface area (Å²) >= 11 is 0. The van der Waals surface area contributed by atoms with Crippen LogP contribution in [0.4, 0.5) is 0 Å². The van der Waals surface area contributed by atoms with Gasteiger partial charge < -0.3 is 0 Å². The van der Waals surface area contributed by atoms with Crippen molar-refractivity contribution >= 4 is 5.78 Å². The van der Waals surface area contributed by atoms with Gasteiger partial charge in [-0.15, -0.1) is 0 Å². The van der Waals surface area contributed by atoms with Crippen LogP contribution in [-0.4, -0.2) is 5.78 Å². The maximum atomic E-state index is 12.8. The fourth-order valence-electron chi connectivity index (χ4n) is 5.00. The summed E-state index contributed by atoms with van der Waals surface area (Å²) in [6, 6.07) is 0. The zero-order chi connectivity index (χ0) is 12.7. The van der Waals surface area contributed by atoms with Crippen molar-refractivity contribution in [2.75, 3.05) is 0 Å². The highest BCUT2D eigenvalue weighted by Gasteiger charge is 2.52. The second-order valence-electron chi connectivity index (χ2n) is 6.67. The zero-order valence-electron chi connectivity index (χ0n) is 11.9. The van der Waals surface area contributed by atoms with E-state index < -0.39 is 0 Å². The van der Waals surface area contributed by atoms with E-state index in [-0.39, 0.29) is 0 Å². The molecule has 0 spiro atoms. The Labute approximate surface area is 111 Å². The van der Waals surface area contributed by atoms with Crippen molar-refractivity contribution in [2.24, 2.45) is 23.7 Å². The van der Waals surface area contributed by atoms with Crippen LogP contribution in [0.2, 0.25) is 0 Å². The summed E-state index contributed by atoms with van der Waals surface area (Å²) in [6.45, 7) is 4.45. The Morgan fingerprint density at radius 1 is 1.06 bits per heavy atom. The van der Waals surface area contributed by atoms with Gasteiger partial charge in [-0.2, -0.15) is 0 Å². The van der Waals surface area contributed by atoms with E-state index in [2.05, 4.69) is 13.8 Å². The molecule has 3 aliphatic rings. The van der Waals surface area contributed by atoms with E-state index in [1.807, 2.05) is 0 Å². The second-order valence-corrected chi connectivity index (χ2v) is 6.67. The van der Waals surface area contributed by atoms with E-state index in [1.165, 1.54) is 49.7 Å². The van der Waals surface area contributed by atoms with E-state index in [4.69, 9.17) is 0 Å². The van der Waals surface area contributed by atoms with Crippen LogP contribution in [0.1, 0.15) is 65.2 Å². The molecule has 0 unspecified atom stereocenters. The molecule has 1 nitrogen and oxygen atoms in total. The number of fused-ring (bicyclic) bond motifs is 5. The van der Waals surface area contributed by atoms with Crippen LogP contribution < -0.4 is 0 Å². The number of rotatable bonds is 4. The van der Waals surface area contributed by atoms with Crippen LogP contribution in [0.25, 0.3) is 0 Å². The number of hydrogen-bond acceptors (Lipinski definition) is 1. The molecule has 2 fully saturated rings. The standard InChI is InChI=1S/C17H26O/c1-3-5-11-10-15-12-7-8-13(9-12)16(15)17(18)14(11)6-4-2/h12-13,15-16H,3-10H2,1-2H3/t12-,13+,15+,16-/m0/s1. The van der Waals surface area contributed by atoms with Gasteiger partial charge in [-0.3, -0.25) is 4.79 Å². The number of carbonyl (C=O) groups is 1. The van der Waals surface area contributed by atoms with Crippen LogP contribution in [0, 0.1) is 23.7 Å². The van der Waals surface area contributed by atoms with E-state index in [0.29, 0.717) is 11.7 Å². The molecule has 18 heavy (non-hydrogen) atoms. The van der Waals surface area contributed by atoms with Gasteiger partial charge in [0.15, 0.2) is 5.78 Å². The molecule has 0 aromatic heterocycles. The largest absolute Gasteiger partial charge is 0.294 e. The SMILES string of the molecule is CCCC1=C(CCC)C(=O)[C@H]2[C@@H]3CC[C@@H](C3)[C@H]2C1. The molecule has 1 heteroatoms. The predicted molar refractivity (Wildman–Crippen MR) is 74.3 cm³/mol. The fourth-order valence-corrected chi connectivity index (χ4v) is 5.00. The van der Waals surface area contributed by atoms with Crippen LogP contribution in [0.15, 0.2) is 11.1 Å². The van der Waals surface area contributed by atoms with Crippen LogP contribution in [-0.2, 0) is 4.79 Å². The first-order valence-corrected chi connectivity index (χ1v) is 8.01. The Kier molecular flexibility index (Phi) is 3.34. The number of allylic oxidation sites excluding steroid dienone is 2. The lowest BCUT2D eigenvalue weighted by molar-refractivity contribution is -0.123. The lowest BCUT2D eigenvalue weighted by Crippen LogP contribution is -2.35. The number of ketones is 1. The minimum atomic E-state index is 0.436. The van der Waals surface area contributed by atoms with Gasteiger partial charge in [-0.25, -0.2) is 0 Å². The summed E-state index contributed by atoms with van der Waals surface area (Å²) < 4.78 is 0. The average molecular weight is 246 g/mol. The maximum absolute atomic E-state index is 12.8. The molecule has 0 aliphatic heterocycles. The molecular formula is C17H26O. The van der Waals surface area contributed by atoms with Crippen molar-refractivity contribution in [3.05, 3.63) is 11.1 Å². The van der Waals surface area contributed by atoms with E-state index in [9.17, 15) is 4.79 Å². The molecule has 0 amide bonds. The van der Waals surface area contributed by atoms with Crippen molar-refractivity contribution in [1.29, 1.82) is 0 Å². The number of carbonyl (C=O) groups excluding carboxylic acids is 1. The van der Waals surface area contributed by atoms with Gasteiger partial charge in [0.2, 0.25) is 0 Å². The zero-order valence-corrected chi connectivity index (χ0v) is 11.9. The summed E-state index contributed by atoms with van der Waals surface area (Å²) in [5.41, 5.74) is 2.80. The minimum absolute atomic E-state index is 0.436. The van der Waals surface area contributed by atoms with Gasteiger partial charge in [0.25, 0.3) is 0 Å². The van der Waals surface area contributed by atoms with Crippen molar-refractivity contribution in [2.45, 2.75) is 65.2 Å². The van der Waals surface area contributed by atoms with Crippen molar-refractivity contribution in [1.82, 2.24) is 0 Å². The molecule has 0 aromatic carbocycles. The third-order valence-corrected chi connectivity index (χ3v) is 5.65. The third kappa shape index (κ3) is 1.78. The van der Waals surface area contributed by atoms with Crippen molar-refractivity contribution in [3.63, 3.8) is 0 Å². The summed E-state index contributed by atoms with van der Waals surface area (Å²) in [5, 5.41) is 0. The highest BCUT2D eigenvalue weighted by molar-refractivity contribution is 5.99. The Hall–Kier alpha value is -0.590. The third-order valence-electron chi connectivity index (χ3n) is 5.65. The average Bonchev–Trinajstić information content (AvgIpc) is 2.95. The van der Waals surface area contributed by atoms with Gasteiger partial charge in [0.05, 0.1) is 0 Å². The summed E-state index contributed by atoms with van der Waals surface area (Å²) in [5.74, 6) is 3.38. The highest BCUT2D eigenvalue weighted by atomic mass is 16.1. The lowest BCUT2D eigenvalue weighted by atomic mass is 9.67. The first-order valence-electron chi connectivity index (χ1n) is 8.01. The molecule has 0 radical (unpaired) electrons. The van der Waals surface area contributed by atoms with Gasteiger partial charge in [0.1, 0.15) is 0 Å².